The summed E-state index contributed by atoms with van der Waals surface area (Å²) in [6, 6.07) is 8.42. The Kier molecular flexibility index (Phi) is 3.90. The summed E-state index contributed by atoms with van der Waals surface area (Å²) >= 11 is 6.44. The monoisotopic (exact) mass is 248 g/mol. The quantitative estimate of drug-likeness (QED) is 0.713. The molecule has 1 aromatic heterocycles. The molecule has 0 saturated carbocycles. The van der Waals surface area contributed by atoms with Crippen LogP contribution in [0.5, 0.6) is 0 Å². The van der Waals surface area contributed by atoms with Crippen LogP contribution in [-0.2, 0) is 12.8 Å². The van der Waals surface area contributed by atoms with Crippen molar-refractivity contribution >= 4 is 11.6 Å². The number of hydrogen-bond acceptors (Lipinski definition) is 1. The molecule has 0 amide bonds. The third-order valence-electron chi connectivity index (χ3n) is 3.12. The van der Waals surface area contributed by atoms with Gasteiger partial charge in [0.15, 0.2) is 0 Å². The van der Waals surface area contributed by atoms with Crippen LogP contribution >= 0.6 is 11.6 Å². The van der Waals surface area contributed by atoms with Crippen LogP contribution in [-0.4, -0.2) is 0 Å². The summed E-state index contributed by atoms with van der Waals surface area (Å²) in [5.74, 6) is 0. The molecule has 90 valence electrons. The van der Waals surface area contributed by atoms with Gasteiger partial charge in [-0.1, -0.05) is 32.0 Å². The van der Waals surface area contributed by atoms with Gasteiger partial charge in [0.2, 0.25) is 0 Å². The number of furan rings is 1. The van der Waals surface area contributed by atoms with E-state index in [-0.39, 0.29) is 5.38 Å². The van der Waals surface area contributed by atoms with Gasteiger partial charge in [-0.25, -0.2) is 0 Å². The van der Waals surface area contributed by atoms with Crippen molar-refractivity contribution in [3.05, 3.63) is 59.0 Å². The summed E-state index contributed by atoms with van der Waals surface area (Å²) in [7, 11) is 0. The molecule has 1 atom stereocenters. The number of hydrogen-bond donors (Lipinski definition) is 0. The SMILES string of the molecule is CCc1ccc(C(Cl)c2ccoc2)cc1CC. The molecule has 2 heteroatoms. The van der Waals surface area contributed by atoms with E-state index in [1.807, 2.05) is 6.07 Å². The second-order valence-electron chi connectivity index (χ2n) is 4.15. The highest BCUT2D eigenvalue weighted by atomic mass is 35.5. The average Bonchev–Trinajstić information content (AvgIpc) is 2.90. The van der Waals surface area contributed by atoms with Crippen molar-refractivity contribution in [2.45, 2.75) is 32.1 Å². The minimum atomic E-state index is -0.120. The van der Waals surface area contributed by atoms with E-state index in [0.717, 1.165) is 24.0 Å². The molecule has 2 aromatic rings. The largest absolute Gasteiger partial charge is 0.472 e. The second kappa shape index (κ2) is 5.42. The van der Waals surface area contributed by atoms with Crippen molar-refractivity contribution in [2.24, 2.45) is 0 Å². The van der Waals surface area contributed by atoms with Crippen molar-refractivity contribution in [3.63, 3.8) is 0 Å². The first kappa shape index (κ1) is 12.3. The lowest BCUT2D eigenvalue weighted by Gasteiger charge is -2.12. The summed E-state index contributed by atoms with van der Waals surface area (Å²) in [6.07, 6.45) is 5.48. The van der Waals surface area contributed by atoms with E-state index in [1.165, 1.54) is 11.1 Å². The minimum Gasteiger partial charge on any atom is -0.472 e. The topological polar surface area (TPSA) is 13.1 Å². The number of aryl methyl sites for hydroxylation is 2. The lowest BCUT2D eigenvalue weighted by molar-refractivity contribution is 0.564. The molecule has 0 N–H and O–H groups in total. The second-order valence-corrected chi connectivity index (χ2v) is 4.59. The van der Waals surface area contributed by atoms with Gasteiger partial charge in [0.1, 0.15) is 0 Å². The van der Waals surface area contributed by atoms with E-state index in [1.54, 1.807) is 12.5 Å². The van der Waals surface area contributed by atoms with E-state index >= 15 is 0 Å². The lowest BCUT2D eigenvalue weighted by Crippen LogP contribution is -1.97. The smallest absolute Gasteiger partial charge is 0.0952 e. The maximum Gasteiger partial charge on any atom is 0.0952 e. The molecule has 1 heterocycles. The van der Waals surface area contributed by atoms with E-state index < -0.39 is 0 Å². The van der Waals surface area contributed by atoms with Gasteiger partial charge in [-0.15, -0.1) is 11.6 Å². The van der Waals surface area contributed by atoms with Gasteiger partial charge in [-0.3, -0.25) is 0 Å². The van der Waals surface area contributed by atoms with Crippen molar-refractivity contribution in [1.82, 2.24) is 0 Å². The molecular weight excluding hydrogens is 232 g/mol. The minimum absolute atomic E-state index is 0.120. The predicted molar refractivity (Wildman–Crippen MR) is 71.6 cm³/mol. The molecule has 0 aliphatic heterocycles. The number of halogens is 1. The Balaban J connectivity index is 2.33. The Labute approximate surface area is 107 Å². The molecule has 0 aliphatic rings. The highest BCUT2D eigenvalue weighted by Crippen LogP contribution is 2.30. The third-order valence-corrected chi connectivity index (χ3v) is 3.62. The maximum atomic E-state index is 6.44. The fourth-order valence-corrected chi connectivity index (χ4v) is 2.35. The van der Waals surface area contributed by atoms with Crippen LogP contribution in [0.1, 0.15) is 41.5 Å². The van der Waals surface area contributed by atoms with Gasteiger partial charge in [-0.2, -0.15) is 0 Å². The molecule has 0 radical (unpaired) electrons. The first-order chi connectivity index (χ1) is 8.26. The van der Waals surface area contributed by atoms with Crippen molar-refractivity contribution in [2.75, 3.05) is 0 Å². The van der Waals surface area contributed by atoms with Gasteiger partial charge in [-0.05, 0) is 35.6 Å². The molecule has 2 rings (SSSR count). The van der Waals surface area contributed by atoms with Crippen LogP contribution in [0.3, 0.4) is 0 Å². The fraction of sp³-hybridized carbons (Fsp3) is 0.333. The highest BCUT2D eigenvalue weighted by molar-refractivity contribution is 6.22. The molecular formula is C15H17ClO. The van der Waals surface area contributed by atoms with Crippen molar-refractivity contribution < 1.29 is 4.42 Å². The molecule has 0 saturated heterocycles. The van der Waals surface area contributed by atoms with Gasteiger partial charge >= 0.3 is 0 Å². The van der Waals surface area contributed by atoms with E-state index in [0.29, 0.717) is 0 Å². The first-order valence-corrected chi connectivity index (χ1v) is 6.47. The molecule has 0 spiro atoms. The van der Waals surface area contributed by atoms with Crippen LogP contribution in [0.25, 0.3) is 0 Å². The van der Waals surface area contributed by atoms with Crippen LogP contribution in [0.4, 0.5) is 0 Å². The predicted octanol–water partition coefficient (Wildman–Crippen LogP) is 4.73. The zero-order chi connectivity index (χ0) is 12.3. The van der Waals surface area contributed by atoms with Gasteiger partial charge in [0.25, 0.3) is 0 Å². The van der Waals surface area contributed by atoms with Crippen LogP contribution < -0.4 is 0 Å². The molecule has 0 aliphatic carbocycles. The summed E-state index contributed by atoms with van der Waals surface area (Å²) in [5, 5.41) is -0.120. The Morgan fingerprint density at radius 2 is 1.82 bits per heavy atom. The Hall–Kier alpha value is -1.21. The molecule has 0 bridgehead atoms. The van der Waals surface area contributed by atoms with Crippen LogP contribution in [0.2, 0.25) is 0 Å². The van der Waals surface area contributed by atoms with Gasteiger partial charge < -0.3 is 4.42 Å². The fourth-order valence-electron chi connectivity index (χ4n) is 2.09. The first-order valence-electron chi connectivity index (χ1n) is 6.04. The Morgan fingerprint density at radius 3 is 2.41 bits per heavy atom. The molecule has 1 nitrogen and oxygen atoms in total. The standard InChI is InChI=1S/C15H17ClO/c1-3-11-5-6-13(9-12(11)4-2)15(16)14-7-8-17-10-14/h5-10,15H,3-4H2,1-2H3. The van der Waals surface area contributed by atoms with Crippen LogP contribution in [0, 0.1) is 0 Å². The number of benzene rings is 1. The number of rotatable bonds is 4. The highest BCUT2D eigenvalue weighted by Gasteiger charge is 2.13. The average molecular weight is 249 g/mol. The van der Waals surface area contributed by atoms with E-state index in [9.17, 15) is 0 Å². The van der Waals surface area contributed by atoms with Crippen molar-refractivity contribution in [3.8, 4) is 0 Å². The number of alkyl halides is 1. The maximum absolute atomic E-state index is 6.44. The molecule has 1 unspecified atom stereocenters. The molecule has 0 fully saturated rings. The summed E-state index contributed by atoms with van der Waals surface area (Å²) in [4.78, 5) is 0. The van der Waals surface area contributed by atoms with Gasteiger partial charge in [0, 0.05) is 5.56 Å². The van der Waals surface area contributed by atoms with E-state index in [4.69, 9.17) is 16.0 Å². The Morgan fingerprint density at radius 1 is 1.06 bits per heavy atom. The molecule has 17 heavy (non-hydrogen) atoms. The lowest BCUT2D eigenvalue weighted by atomic mass is 9.97. The summed E-state index contributed by atoms with van der Waals surface area (Å²) < 4.78 is 5.07. The summed E-state index contributed by atoms with van der Waals surface area (Å²) in [5.41, 5.74) is 4.95. The Bertz CT molecular complexity index is 474. The zero-order valence-corrected chi connectivity index (χ0v) is 11.0. The van der Waals surface area contributed by atoms with Crippen LogP contribution in [0.15, 0.2) is 41.2 Å². The molecule has 1 aromatic carbocycles. The normalized spacial score (nSPS) is 12.6. The van der Waals surface area contributed by atoms with Gasteiger partial charge in [0.05, 0.1) is 17.9 Å². The third kappa shape index (κ3) is 2.55. The zero-order valence-electron chi connectivity index (χ0n) is 10.2. The summed E-state index contributed by atoms with van der Waals surface area (Å²) in [6.45, 7) is 4.36. The van der Waals surface area contributed by atoms with E-state index in [2.05, 4.69) is 32.0 Å². The van der Waals surface area contributed by atoms with Crippen molar-refractivity contribution in [1.29, 1.82) is 0 Å².